The van der Waals surface area contributed by atoms with Crippen LogP contribution < -0.4 is 4.16 Å². The number of nitrogens with zero attached hydrogens (tertiary/aromatic N) is 1. The van der Waals surface area contributed by atoms with E-state index in [9.17, 15) is 4.39 Å². The van der Waals surface area contributed by atoms with E-state index in [1.807, 2.05) is 0 Å². The molecule has 0 amide bonds. The summed E-state index contributed by atoms with van der Waals surface area (Å²) in [6.07, 6.45) is 1.93. The van der Waals surface area contributed by atoms with Crippen molar-refractivity contribution in [3.63, 3.8) is 0 Å². The molecule has 0 saturated carbocycles. The van der Waals surface area contributed by atoms with Crippen molar-refractivity contribution in [2.75, 3.05) is 6.61 Å². The molecule has 2 nitrogen and oxygen atoms in total. The Hall–Kier alpha value is -0.467. The maximum atomic E-state index is 12.9. The molecule has 0 atom stereocenters. The molecule has 0 fully saturated rings. The molecule has 1 aromatic carbocycles. The van der Waals surface area contributed by atoms with Gasteiger partial charge in [0.25, 0.3) is 0 Å². The summed E-state index contributed by atoms with van der Waals surface area (Å²) in [5.41, 5.74) is -0.0843. The van der Waals surface area contributed by atoms with Gasteiger partial charge in [0.2, 0.25) is 0 Å². The van der Waals surface area contributed by atoms with Crippen molar-refractivity contribution < 1.29 is 24.1 Å². The number of benzene rings is 1. The quantitative estimate of drug-likeness (QED) is 0.781. The molecule has 0 aliphatic carbocycles. The van der Waals surface area contributed by atoms with E-state index in [1.54, 1.807) is 12.1 Å². The predicted molar refractivity (Wildman–Crippen MR) is 68.6 cm³/mol. The Morgan fingerprint density at radius 3 is 2.44 bits per heavy atom. The fraction of sp³-hybridized carbons (Fsp3) is 0.462. The SMILES string of the molecule is CCC1(CC)CO[C]([Zn]([Cl])[c]2ccc(F)cc2)=N1. The molecule has 0 aromatic heterocycles. The van der Waals surface area contributed by atoms with Crippen molar-refractivity contribution >= 4 is 18.3 Å². The molecule has 1 heterocycles. The second-order valence-corrected chi connectivity index (χ2v) is 12.4. The van der Waals surface area contributed by atoms with Crippen LogP contribution in [0, 0.1) is 5.82 Å². The Morgan fingerprint density at radius 1 is 1.33 bits per heavy atom. The van der Waals surface area contributed by atoms with E-state index in [1.165, 1.54) is 12.1 Å². The normalized spacial score (nSPS) is 17.2. The molecule has 0 spiro atoms. The van der Waals surface area contributed by atoms with E-state index in [4.69, 9.17) is 19.4 Å². The summed E-state index contributed by atoms with van der Waals surface area (Å²) >= 11 is -2.65. The van der Waals surface area contributed by atoms with Crippen LogP contribution in [0.25, 0.3) is 0 Å². The summed E-state index contributed by atoms with van der Waals surface area (Å²) in [5.74, 6) is -0.237. The second kappa shape index (κ2) is 5.67. The molecular formula is C13H16ClFNOZn. The Labute approximate surface area is 116 Å². The third-order valence-corrected chi connectivity index (χ3v) is 10.9. The Bertz CT molecular complexity index is 445. The third kappa shape index (κ3) is 2.75. The van der Waals surface area contributed by atoms with E-state index in [-0.39, 0.29) is 11.4 Å². The van der Waals surface area contributed by atoms with Crippen molar-refractivity contribution in [1.29, 1.82) is 0 Å². The summed E-state index contributed by atoms with van der Waals surface area (Å²) < 4.78 is 20.4. The summed E-state index contributed by atoms with van der Waals surface area (Å²) in [4.78, 5) is 4.72. The standard InChI is InChI=1S/C7H12NO.C6H4F.ClH.Zn/c1-3-7(4-2)5-9-6-8-7;7-6-4-2-1-3-5-6;;/h3-5H2,1-2H3;2-5H;1H;/q;;;+1/p-1. The van der Waals surface area contributed by atoms with E-state index in [0.717, 1.165) is 21.5 Å². The molecule has 5 heteroatoms. The summed E-state index contributed by atoms with van der Waals surface area (Å²) in [7, 11) is 6.54. The van der Waals surface area contributed by atoms with Gasteiger partial charge < -0.3 is 0 Å². The van der Waals surface area contributed by atoms with Gasteiger partial charge in [-0.25, -0.2) is 0 Å². The molecule has 2 rings (SSSR count). The monoisotopic (exact) mass is 320 g/mol. The molecule has 18 heavy (non-hydrogen) atoms. The van der Waals surface area contributed by atoms with Gasteiger partial charge in [0.1, 0.15) is 0 Å². The van der Waals surface area contributed by atoms with Crippen LogP contribution in [0.1, 0.15) is 26.7 Å². The van der Waals surface area contributed by atoms with Gasteiger partial charge in [-0.05, 0) is 0 Å². The number of hydrogen-bond donors (Lipinski definition) is 0. The molecule has 95 valence electrons. The second-order valence-electron chi connectivity index (χ2n) is 4.80. The molecule has 1 aliphatic rings. The Morgan fingerprint density at radius 2 is 1.94 bits per heavy atom. The van der Waals surface area contributed by atoms with Crippen LogP contribution in [-0.4, -0.2) is 16.6 Å². The van der Waals surface area contributed by atoms with Crippen LogP contribution >= 0.6 is 9.69 Å². The van der Waals surface area contributed by atoms with Gasteiger partial charge in [0, 0.05) is 0 Å². The molecule has 0 unspecified atom stereocenters. The van der Waals surface area contributed by atoms with Gasteiger partial charge in [0.15, 0.2) is 0 Å². The first-order chi connectivity index (χ1) is 8.60. The summed E-state index contributed by atoms with van der Waals surface area (Å²) in [6.45, 7) is 4.88. The number of halogens is 2. The zero-order valence-corrected chi connectivity index (χ0v) is 14.5. The van der Waals surface area contributed by atoms with Gasteiger partial charge in [-0.15, -0.1) is 0 Å². The number of hydrogen-bond acceptors (Lipinski definition) is 2. The van der Waals surface area contributed by atoms with Crippen molar-refractivity contribution in [2.45, 2.75) is 32.2 Å². The van der Waals surface area contributed by atoms with Crippen LogP contribution in [0.15, 0.2) is 29.3 Å². The van der Waals surface area contributed by atoms with Gasteiger partial charge in [-0.2, -0.15) is 0 Å². The number of rotatable bonds is 4. The average molecular weight is 322 g/mol. The van der Waals surface area contributed by atoms with Crippen LogP contribution in [0.2, 0.25) is 0 Å². The van der Waals surface area contributed by atoms with E-state index in [0.29, 0.717) is 6.61 Å². The molecule has 0 N–H and O–H groups in total. The van der Waals surface area contributed by atoms with Crippen molar-refractivity contribution in [1.82, 2.24) is 0 Å². The van der Waals surface area contributed by atoms with Crippen molar-refractivity contribution in [3.05, 3.63) is 30.1 Å². The van der Waals surface area contributed by atoms with Crippen LogP contribution in [0.3, 0.4) is 0 Å². The van der Waals surface area contributed by atoms with E-state index < -0.39 is 15.0 Å². The molecule has 1 aliphatic heterocycles. The first-order valence-corrected chi connectivity index (χ1v) is 13.3. The third-order valence-electron chi connectivity index (χ3n) is 3.72. The minimum absolute atomic E-state index is 0.0843. The Balaban J connectivity index is 2.20. The number of aliphatic imine (C=N–C) groups is 1. The van der Waals surface area contributed by atoms with E-state index in [2.05, 4.69) is 13.8 Å². The topological polar surface area (TPSA) is 21.6 Å². The first-order valence-electron chi connectivity index (χ1n) is 6.40. The molecule has 0 saturated heterocycles. The molecule has 0 radical (unpaired) electrons. The zero-order valence-electron chi connectivity index (χ0n) is 10.7. The van der Waals surface area contributed by atoms with Gasteiger partial charge in [-0.3, -0.25) is 0 Å². The Kier molecular flexibility index (Phi) is 4.39. The summed E-state index contributed by atoms with van der Waals surface area (Å²) in [5, 5.41) is 0. The molecular weight excluding hydrogens is 306 g/mol. The summed E-state index contributed by atoms with van der Waals surface area (Å²) in [6, 6.07) is 6.41. The number of ether oxygens (including phenoxy) is 1. The van der Waals surface area contributed by atoms with Gasteiger partial charge >= 0.3 is 116 Å². The van der Waals surface area contributed by atoms with E-state index >= 15 is 0 Å². The van der Waals surface area contributed by atoms with Gasteiger partial charge in [0.05, 0.1) is 0 Å². The molecule has 0 bridgehead atoms. The maximum absolute atomic E-state index is 12.9. The average Bonchev–Trinajstić information content (AvgIpc) is 2.84. The first kappa shape index (κ1) is 14.0. The zero-order chi connectivity index (χ0) is 13.2. The predicted octanol–water partition coefficient (Wildman–Crippen LogP) is 3.17. The van der Waals surface area contributed by atoms with Gasteiger partial charge in [-0.1, -0.05) is 0 Å². The minimum atomic E-state index is -2.65. The fourth-order valence-electron chi connectivity index (χ4n) is 2.18. The van der Waals surface area contributed by atoms with Crippen molar-refractivity contribution in [2.24, 2.45) is 4.99 Å². The van der Waals surface area contributed by atoms with Crippen LogP contribution in [0.5, 0.6) is 0 Å². The van der Waals surface area contributed by atoms with Crippen molar-refractivity contribution in [3.8, 4) is 0 Å². The van der Waals surface area contributed by atoms with Crippen LogP contribution in [-0.2, 0) is 19.7 Å². The van der Waals surface area contributed by atoms with Crippen LogP contribution in [0.4, 0.5) is 4.39 Å². The molecule has 1 aromatic rings. The fourth-order valence-corrected chi connectivity index (χ4v) is 7.50.